The molecule has 0 atom stereocenters. The molecular formula is C18H16N4O4S3. The number of thioether (sulfide) groups is 1. The number of carbonyl (C=O) groups excluding carboxylic acids is 3. The number of aromatic nitrogens is 2. The molecular weight excluding hydrogens is 432 g/mol. The molecule has 0 bridgehead atoms. The average Bonchev–Trinajstić information content (AvgIpc) is 3.35. The zero-order valence-electron chi connectivity index (χ0n) is 15.4. The van der Waals surface area contributed by atoms with E-state index in [0.29, 0.717) is 25.6 Å². The molecule has 0 aliphatic heterocycles. The number of aryl methyl sites for hydroxylation is 1. The number of thiophene rings is 1. The van der Waals surface area contributed by atoms with Crippen LogP contribution in [0, 0.1) is 6.92 Å². The number of ether oxygens (including phenoxy) is 1. The summed E-state index contributed by atoms with van der Waals surface area (Å²) in [6.45, 7) is 1.92. The van der Waals surface area contributed by atoms with Crippen LogP contribution in [0.2, 0.25) is 0 Å². The van der Waals surface area contributed by atoms with Crippen molar-refractivity contribution in [2.24, 2.45) is 0 Å². The third-order valence-electron chi connectivity index (χ3n) is 3.50. The lowest BCUT2D eigenvalue weighted by atomic mass is 10.2. The number of nitrogens with one attached hydrogen (secondary N) is 2. The van der Waals surface area contributed by atoms with Crippen molar-refractivity contribution >= 4 is 63.0 Å². The third kappa shape index (κ3) is 5.86. The minimum absolute atomic E-state index is 0.130. The van der Waals surface area contributed by atoms with Crippen molar-refractivity contribution in [1.82, 2.24) is 10.2 Å². The van der Waals surface area contributed by atoms with Crippen molar-refractivity contribution in [3.05, 3.63) is 51.7 Å². The second-order valence-corrected chi connectivity index (χ2v) is 8.83. The summed E-state index contributed by atoms with van der Waals surface area (Å²) in [5.41, 5.74) is 2.00. The predicted molar refractivity (Wildman–Crippen MR) is 114 cm³/mol. The smallest absolute Gasteiger partial charge is 0.337 e. The van der Waals surface area contributed by atoms with Gasteiger partial charge in [-0.15, -0.1) is 21.5 Å². The van der Waals surface area contributed by atoms with E-state index in [9.17, 15) is 14.4 Å². The number of methoxy groups -OCH3 is 1. The van der Waals surface area contributed by atoms with Crippen LogP contribution in [0.4, 0.5) is 10.8 Å². The Morgan fingerprint density at radius 2 is 1.90 bits per heavy atom. The Hall–Kier alpha value is -2.76. The predicted octanol–water partition coefficient (Wildman–Crippen LogP) is 3.68. The van der Waals surface area contributed by atoms with Crippen LogP contribution in [0.3, 0.4) is 0 Å². The number of nitrogens with zero attached hydrogens (tertiary/aromatic N) is 2. The molecule has 0 saturated carbocycles. The van der Waals surface area contributed by atoms with Crippen molar-refractivity contribution in [1.29, 1.82) is 0 Å². The number of hydrogen-bond donors (Lipinski definition) is 2. The van der Waals surface area contributed by atoms with Crippen LogP contribution in [0.1, 0.15) is 25.6 Å². The molecule has 0 aliphatic carbocycles. The quantitative estimate of drug-likeness (QED) is 0.322. The molecule has 2 aromatic heterocycles. The van der Waals surface area contributed by atoms with E-state index in [2.05, 4.69) is 25.6 Å². The lowest BCUT2D eigenvalue weighted by Crippen LogP contribution is -2.14. The fourth-order valence-electron chi connectivity index (χ4n) is 2.16. The Balaban J connectivity index is 1.48. The molecule has 8 nitrogen and oxygen atoms in total. The molecule has 0 saturated heterocycles. The van der Waals surface area contributed by atoms with Crippen LogP contribution in [0.5, 0.6) is 0 Å². The van der Waals surface area contributed by atoms with E-state index in [1.165, 1.54) is 41.5 Å². The van der Waals surface area contributed by atoms with Crippen molar-refractivity contribution in [2.75, 3.05) is 23.5 Å². The summed E-state index contributed by atoms with van der Waals surface area (Å²) in [6, 6.07) is 8.20. The van der Waals surface area contributed by atoms with Gasteiger partial charge in [0.1, 0.15) is 0 Å². The first-order valence-electron chi connectivity index (χ1n) is 8.25. The largest absolute Gasteiger partial charge is 0.465 e. The number of anilines is 2. The van der Waals surface area contributed by atoms with Gasteiger partial charge in [0.2, 0.25) is 11.0 Å². The zero-order valence-corrected chi connectivity index (χ0v) is 17.9. The van der Waals surface area contributed by atoms with E-state index in [4.69, 9.17) is 0 Å². The summed E-state index contributed by atoms with van der Waals surface area (Å²) in [4.78, 5) is 36.2. The molecule has 0 spiro atoms. The van der Waals surface area contributed by atoms with Crippen LogP contribution in [-0.4, -0.2) is 40.8 Å². The second kappa shape index (κ2) is 9.63. The molecule has 0 fully saturated rings. The highest BCUT2D eigenvalue weighted by molar-refractivity contribution is 8.01. The molecule has 0 unspecified atom stereocenters. The summed E-state index contributed by atoms with van der Waals surface area (Å²) < 4.78 is 5.20. The van der Waals surface area contributed by atoms with Crippen molar-refractivity contribution in [2.45, 2.75) is 11.3 Å². The van der Waals surface area contributed by atoms with Gasteiger partial charge in [0.15, 0.2) is 4.34 Å². The van der Waals surface area contributed by atoms with Gasteiger partial charge in [0.25, 0.3) is 5.91 Å². The normalized spacial score (nSPS) is 10.4. The summed E-state index contributed by atoms with van der Waals surface area (Å²) >= 11 is 3.78. The lowest BCUT2D eigenvalue weighted by molar-refractivity contribution is -0.113. The van der Waals surface area contributed by atoms with Crippen LogP contribution >= 0.6 is 34.4 Å². The first kappa shape index (κ1) is 21.0. The number of carbonyl (C=O) groups is 3. The van der Waals surface area contributed by atoms with Crippen LogP contribution in [-0.2, 0) is 9.53 Å². The van der Waals surface area contributed by atoms with Gasteiger partial charge in [-0.05, 0) is 48.2 Å². The highest BCUT2D eigenvalue weighted by Gasteiger charge is 2.13. The summed E-state index contributed by atoms with van der Waals surface area (Å²) in [5, 5.41) is 15.6. The van der Waals surface area contributed by atoms with Gasteiger partial charge in [0.05, 0.1) is 23.3 Å². The minimum Gasteiger partial charge on any atom is -0.465 e. The summed E-state index contributed by atoms with van der Waals surface area (Å²) in [6.07, 6.45) is 0. The lowest BCUT2D eigenvalue weighted by Gasteiger charge is -2.05. The molecule has 11 heteroatoms. The maximum atomic E-state index is 12.1. The van der Waals surface area contributed by atoms with Gasteiger partial charge in [-0.1, -0.05) is 23.1 Å². The van der Waals surface area contributed by atoms with E-state index < -0.39 is 5.97 Å². The molecule has 1 aromatic carbocycles. The Bertz CT molecular complexity index is 1030. The summed E-state index contributed by atoms with van der Waals surface area (Å²) in [7, 11) is 1.31. The van der Waals surface area contributed by atoms with Crippen molar-refractivity contribution in [3.63, 3.8) is 0 Å². The van der Waals surface area contributed by atoms with Gasteiger partial charge < -0.3 is 10.1 Å². The summed E-state index contributed by atoms with van der Waals surface area (Å²) in [5.74, 6) is -0.766. The Labute approximate surface area is 178 Å². The molecule has 3 aromatic rings. The number of esters is 1. The average molecular weight is 449 g/mol. The number of benzene rings is 1. The highest BCUT2D eigenvalue weighted by atomic mass is 32.2. The number of rotatable bonds is 7. The van der Waals surface area contributed by atoms with E-state index in [1.54, 1.807) is 30.3 Å². The molecule has 29 heavy (non-hydrogen) atoms. The monoisotopic (exact) mass is 448 g/mol. The first-order chi connectivity index (χ1) is 13.9. The maximum Gasteiger partial charge on any atom is 0.337 e. The molecule has 0 radical (unpaired) electrons. The van der Waals surface area contributed by atoms with Gasteiger partial charge in [0, 0.05) is 5.69 Å². The maximum absolute atomic E-state index is 12.1. The number of hydrogen-bond acceptors (Lipinski definition) is 9. The van der Waals surface area contributed by atoms with Gasteiger partial charge >= 0.3 is 5.97 Å². The van der Waals surface area contributed by atoms with E-state index >= 15 is 0 Å². The SMILES string of the molecule is COC(=O)c1ccc(NC(=O)CSc2nnc(NC(=O)c3cc(C)cs3)s2)cc1. The second-order valence-electron chi connectivity index (χ2n) is 5.72. The molecule has 2 heterocycles. The van der Waals surface area contributed by atoms with E-state index in [1.807, 2.05) is 12.3 Å². The van der Waals surface area contributed by atoms with Crippen molar-refractivity contribution < 1.29 is 19.1 Å². The van der Waals surface area contributed by atoms with Gasteiger partial charge in [-0.25, -0.2) is 4.79 Å². The fraction of sp³-hybridized carbons (Fsp3) is 0.167. The van der Waals surface area contributed by atoms with E-state index in [0.717, 1.165) is 5.56 Å². The zero-order chi connectivity index (χ0) is 20.8. The minimum atomic E-state index is -0.438. The van der Waals surface area contributed by atoms with Crippen LogP contribution in [0.25, 0.3) is 0 Å². The van der Waals surface area contributed by atoms with Crippen LogP contribution < -0.4 is 10.6 Å². The van der Waals surface area contributed by atoms with Gasteiger partial charge in [-0.2, -0.15) is 0 Å². The Kier molecular flexibility index (Phi) is 6.96. The Morgan fingerprint density at radius 3 is 2.55 bits per heavy atom. The molecule has 150 valence electrons. The first-order valence-corrected chi connectivity index (χ1v) is 10.9. The molecule has 2 amide bonds. The molecule has 0 aliphatic rings. The van der Waals surface area contributed by atoms with Gasteiger partial charge in [-0.3, -0.25) is 14.9 Å². The van der Waals surface area contributed by atoms with Crippen LogP contribution in [0.15, 0.2) is 40.1 Å². The Morgan fingerprint density at radius 1 is 1.14 bits per heavy atom. The third-order valence-corrected chi connectivity index (χ3v) is 6.52. The number of amides is 2. The van der Waals surface area contributed by atoms with E-state index in [-0.39, 0.29) is 17.6 Å². The topological polar surface area (TPSA) is 110 Å². The standard InChI is InChI=1S/C18H16N4O4S3/c1-10-7-13(27-8-10)15(24)20-17-21-22-18(29-17)28-9-14(23)19-12-5-3-11(4-6-12)16(25)26-2/h3-8H,9H2,1-2H3,(H,19,23)(H,20,21,24). The highest BCUT2D eigenvalue weighted by Crippen LogP contribution is 2.26. The fourth-order valence-corrected chi connectivity index (χ4v) is 4.50. The molecule has 2 N–H and O–H groups in total. The van der Waals surface area contributed by atoms with Crippen molar-refractivity contribution in [3.8, 4) is 0 Å². The molecule has 3 rings (SSSR count).